The molecule has 1 aliphatic heterocycles. The SMILES string of the molecule is CNCC1CN(c2ncccc2Cl)CCO1. The molecule has 1 aromatic rings. The summed E-state index contributed by atoms with van der Waals surface area (Å²) < 4.78 is 5.63. The number of hydrogen-bond donors (Lipinski definition) is 1. The van der Waals surface area contributed by atoms with Gasteiger partial charge in [-0.15, -0.1) is 0 Å². The number of nitrogens with zero attached hydrogens (tertiary/aromatic N) is 2. The number of likely N-dealkylation sites (N-methyl/N-ethyl adjacent to an activating group) is 1. The quantitative estimate of drug-likeness (QED) is 0.862. The molecule has 2 rings (SSSR count). The predicted molar refractivity (Wildman–Crippen MR) is 65.1 cm³/mol. The molecule has 1 aliphatic rings. The van der Waals surface area contributed by atoms with Crippen LogP contribution in [0, 0.1) is 0 Å². The predicted octanol–water partition coefficient (Wildman–Crippen LogP) is 1.16. The van der Waals surface area contributed by atoms with Gasteiger partial charge in [0.15, 0.2) is 0 Å². The lowest BCUT2D eigenvalue weighted by atomic mass is 10.2. The fraction of sp³-hybridized carbons (Fsp3) is 0.545. The minimum Gasteiger partial charge on any atom is -0.373 e. The second-order valence-corrected chi connectivity index (χ2v) is 4.21. The Morgan fingerprint density at radius 1 is 1.69 bits per heavy atom. The summed E-state index contributed by atoms with van der Waals surface area (Å²) in [6, 6.07) is 3.71. The van der Waals surface area contributed by atoms with E-state index in [1.807, 2.05) is 19.2 Å². The fourth-order valence-electron chi connectivity index (χ4n) is 1.87. The van der Waals surface area contributed by atoms with Gasteiger partial charge < -0.3 is 15.0 Å². The Kier molecular flexibility index (Phi) is 3.98. The van der Waals surface area contributed by atoms with Crippen LogP contribution in [0.15, 0.2) is 18.3 Å². The van der Waals surface area contributed by atoms with Gasteiger partial charge in [-0.25, -0.2) is 4.98 Å². The highest BCUT2D eigenvalue weighted by atomic mass is 35.5. The maximum atomic E-state index is 6.12. The topological polar surface area (TPSA) is 37.4 Å². The maximum Gasteiger partial charge on any atom is 0.147 e. The van der Waals surface area contributed by atoms with E-state index in [0.29, 0.717) is 5.02 Å². The van der Waals surface area contributed by atoms with Crippen LogP contribution in [0.1, 0.15) is 0 Å². The van der Waals surface area contributed by atoms with Gasteiger partial charge in [0.05, 0.1) is 17.7 Å². The van der Waals surface area contributed by atoms with Crippen LogP contribution >= 0.6 is 11.6 Å². The summed E-state index contributed by atoms with van der Waals surface area (Å²) in [5.74, 6) is 0.855. The van der Waals surface area contributed by atoms with Gasteiger partial charge in [0, 0.05) is 25.8 Å². The zero-order valence-electron chi connectivity index (χ0n) is 9.32. The van der Waals surface area contributed by atoms with Crippen molar-refractivity contribution in [1.29, 1.82) is 0 Å². The molecule has 5 heteroatoms. The number of rotatable bonds is 3. The molecule has 16 heavy (non-hydrogen) atoms. The van der Waals surface area contributed by atoms with E-state index in [4.69, 9.17) is 16.3 Å². The van der Waals surface area contributed by atoms with Crippen molar-refractivity contribution in [2.75, 3.05) is 38.2 Å². The molecule has 0 saturated carbocycles. The van der Waals surface area contributed by atoms with E-state index < -0.39 is 0 Å². The molecule has 1 fully saturated rings. The highest BCUT2D eigenvalue weighted by molar-refractivity contribution is 6.32. The van der Waals surface area contributed by atoms with Gasteiger partial charge in [-0.1, -0.05) is 11.6 Å². The minimum atomic E-state index is 0.205. The van der Waals surface area contributed by atoms with Crippen LogP contribution in [0.2, 0.25) is 5.02 Å². The van der Waals surface area contributed by atoms with Crippen molar-refractivity contribution in [2.24, 2.45) is 0 Å². The largest absolute Gasteiger partial charge is 0.373 e. The molecular weight excluding hydrogens is 226 g/mol. The van der Waals surface area contributed by atoms with E-state index in [2.05, 4.69) is 15.2 Å². The molecule has 2 heterocycles. The summed E-state index contributed by atoms with van der Waals surface area (Å²) in [5.41, 5.74) is 0. The van der Waals surface area contributed by atoms with Crippen molar-refractivity contribution in [3.63, 3.8) is 0 Å². The van der Waals surface area contributed by atoms with Gasteiger partial charge in [-0.2, -0.15) is 0 Å². The van der Waals surface area contributed by atoms with Gasteiger partial charge in [0.25, 0.3) is 0 Å². The van der Waals surface area contributed by atoms with Gasteiger partial charge in [0.2, 0.25) is 0 Å². The van der Waals surface area contributed by atoms with Crippen molar-refractivity contribution in [3.05, 3.63) is 23.4 Å². The molecule has 4 nitrogen and oxygen atoms in total. The molecule has 1 saturated heterocycles. The Balaban J connectivity index is 2.07. The van der Waals surface area contributed by atoms with Gasteiger partial charge in [-0.3, -0.25) is 0 Å². The van der Waals surface area contributed by atoms with Crippen LogP contribution in [-0.4, -0.2) is 44.4 Å². The molecular formula is C11H16ClN3O. The number of morpholine rings is 1. The molecule has 0 amide bonds. The molecule has 1 unspecified atom stereocenters. The first-order valence-corrected chi connectivity index (χ1v) is 5.80. The number of halogens is 1. The second kappa shape index (κ2) is 5.48. The summed E-state index contributed by atoms with van der Waals surface area (Å²) in [6.07, 6.45) is 1.97. The maximum absolute atomic E-state index is 6.12. The van der Waals surface area contributed by atoms with Crippen LogP contribution in [0.3, 0.4) is 0 Å². The summed E-state index contributed by atoms with van der Waals surface area (Å²) >= 11 is 6.12. The second-order valence-electron chi connectivity index (χ2n) is 3.81. The molecule has 0 radical (unpaired) electrons. The Bertz CT molecular complexity index is 346. The van der Waals surface area contributed by atoms with Crippen LogP contribution in [0.4, 0.5) is 5.82 Å². The third-order valence-electron chi connectivity index (χ3n) is 2.61. The molecule has 88 valence electrons. The average Bonchev–Trinajstić information content (AvgIpc) is 2.30. The van der Waals surface area contributed by atoms with Gasteiger partial charge >= 0.3 is 0 Å². The van der Waals surface area contributed by atoms with Crippen molar-refractivity contribution in [1.82, 2.24) is 10.3 Å². The number of hydrogen-bond acceptors (Lipinski definition) is 4. The standard InChI is InChI=1S/C11H16ClN3O/c1-13-7-9-8-15(5-6-16-9)11-10(12)3-2-4-14-11/h2-4,9,13H,5-8H2,1H3. The molecule has 1 aromatic heterocycles. The number of aromatic nitrogens is 1. The van der Waals surface area contributed by atoms with E-state index >= 15 is 0 Å². The van der Waals surface area contributed by atoms with E-state index in [1.54, 1.807) is 6.20 Å². The fourth-order valence-corrected chi connectivity index (χ4v) is 2.11. The van der Waals surface area contributed by atoms with Crippen LogP contribution in [-0.2, 0) is 4.74 Å². The molecule has 0 bridgehead atoms. The summed E-state index contributed by atoms with van der Waals surface area (Å²) in [4.78, 5) is 6.49. The highest BCUT2D eigenvalue weighted by Crippen LogP contribution is 2.23. The molecule has 0 aliphatic carbocycles. The third kappa shape index (κ3) is 2.64. The molecule has 1 atom stereocenters. The number of anilines is 1. The number of ether oxygens (including phenoxy) is 1. The lowest BCUT2D eigenvalue weighted by Crippen LogP contribution is -2.46. The Hall–Kier alpha value is -0.840. The normalized spacial score (nSPS) is 21.1. The lowest BCUT2D eigenvalue weighted by Gasteiger charge is -2.34. The number of pyridine rings is 1. The zero-order chi connectivity index (χ0) is 11.4. The molecule has 1 N–H and O–H groups in total. The summed E-state index contributed by atoms with van der Waals surface area (Å²) in [5, 5.41) is 3.82. The van der Waals surface area contributed by atoms with E-state index in [0.717, 1.165) is 32.1 Å². The van der Waals surface area contributed by atoms with Gasteiger partial charge in [-0.05, 0) is 19.2 Å². The monoisotopic (exact) mass is 241 g/mol. The number of nitrogens with one attached hydrogen (secondary N) is 1. The Labute approximate surface area is 101 Å². The lowest BCUT2D eigenvalue weighted by molar-refractivity contribution is 0.0419. The third-order valence-corrected chi connectivity index (χ3v) is 2.90. The summed E-state index contributed by atoms with van der Waals surface area (Å²) in [7, 11) is 1.93. The zero-order valence-corrected chi connectivity index (χ0v) is 10.1. The van der Waals surface area contributed by atoms with Crippen molar-refractivity contribution in [3.8, 4) is 0 Å². The minimum absolute atomic E-state index is 0.205. The van der Waals surface area contributed by atoms with Gasteiger partial charge in [0.1, 0.15) is 5.82 Å². The van der Waals surface area contributed by atoms with E-state index in [9.17, 15) is 0 Å². The van der Waals surface area contributed by atoms with Crippen molar-refractivity contribution in [2.45, 2.75) is 6.10 Å². The first-order valence-electron chi connectivity index (χ1n) is 5.43. The molecule has 0 aromatic carbocycles. The molecule has 0 spiro atoms. The Morgan fingerprint density at radius 3 is 3.31 bits per heavy atom. The van der Waals surface area contributed by atoms with Crippen molar-refractivity contribution >= 4 is 17.4 Å². The van der Waals surface area contributed by atoms with Crippen LogP contribution < -0.4 is 10.2 Å². The summed E-state index contributed by atoms with van der Waals surface area (Å²) in [6.45, 7) is 3.24. The van der Waals surface area contributed by atoms with Crippen LogP contribution in [0.25, 0.3) is 0 Å². The van der Waals surface area contributed by atoms with Crippen molar-refractivity contribution < 1.29 is 4.74 Å². The van der Waals surface area contributed by atoms with E-state index in [1.165, 1.54) is 0 Å². The van der Waals surface area contributed by atoms with E-state index in [-0.39, 0.29) is 6.10 Å². The smallest absolute Gasteiger partial charge is 0.147 e. The average molecular weight is 242 g/mol. The Morgan fingerprint density at radius 2 is 2.56 bits per heavy atom. The van der Waals surface area contributed by atoms with Crippen LogP contribution in [0.5, 0.6) is 0 Å². The first-order chi connectivity index (χ1) is 7.81. The first kappa shape index (κ1) is 11.6. The highest BCUT2D eigenvalue weighted by Gasteiger charge is 2.22.